The highest BCUT2D eigenvalue weighted by molar-refractivity contribution is 5.94. The number of benzene rings is 1. The highest BCUT2D eigenvalue weighted by Gasteiger charge is 2.04. The van der Waals surface area contributed by atoms with Crippen molar-refractivity contribution in [2.24, 2.45) is 0 Å². The normalized spacial score (nSPS) is 9.71. The van der Waals surface area contributed by atoms with E-state index in [4.69, 9.17) is 9.84 Å². The van der Waals surface area contributed by atoms with Gasteiger partial charge in [0.05, 0.1) is 0 Å². The van der Waals surface area contributed by atoms with Crippen LogP contribution < -0.4 is 10.1 Å². The molecule has 4 nitrogen and oxygen atoms in total. The van der Waals surface area contributed by atoms with E-state index in [9.17, 15) is 4.79 Å². The summed E-state index contributed by atoms with van der Waals surface area (Å²) >= 11 is 0. The van der Waals surface area contributed by atoms with Gasteiger partial charge in [-0.05, 0) is 30.7 Å². The zero-order valence-corrected chi connectivity index (χ0v) is 9.69. The van der Waals surface area contributed by atoms with Crippen LogP contribution in [0.4, 0.5) is 0 Å². The van der Waals surface area contributed by atoms with Gasteiger partial charge in [-0.1, -0.05) is 12.7 Å². The maximum absolute atomic E-state index is 11.6. The van der Waals surface area contributed by atoms with E-state index in [1.807, 2.05) is 0 Å². The predicted molar refractivity (Wildman–Crippen MR) is 66.2 cm³/mol. The van der Waals surface area contributed by atoms with Crippen LogP contribution in [-0.4, -0.2) is 30.8 Å². The number of aliphatic hydroxyl groups is 1. The SMILES string of the molecule is C=CCOc1ccc(C(=O)NCCCO)cc1. The van der Waals surface area contributed by atoms with Gasteiger partial charge in [0, 0.05) is 18.7 Å². The number of amides is 1. The lowest BCUT2D eigenvalue weighted by molar-refractivity contribution is 0.0951. The van der Waals surface area contributed by atoms with Gasteiger partial charge in [-0.3, -0.25) is 4.79 Å². The summed E-state index contributed by atoms with van der Waals surface area (Å²) in [5.74, 6) is 0.561. The molecule has 0 atom stereocenters. The Morgan fingerprint density at radius 1 is 1.41 bits per heavy atom. The molecule has 0 saturated carbocycles. The fourth-order valence-corrected chi connectivity index (χ4v) is 1.24. The van der Waals surface area contributed by atoms with Gasteiger partial charge in [0.25, 0.3) is 5.91 Å². The number of carbonyl (C=O) groups excluding carboxylic acids is 1. The molecule has 4 heteroatoms. The summed E-state index contributed by atoms with van der Waals surface area (Å²) in [6, 6.07) is 6.88. The molecule has 1 aromatic rings. The summed E-state index contributed by atoms with van der Waals surface area (Å²) in [6.07, 6.45) is 2.22. The highest BCUT2D eigenvalue weighted by atomic mass is 16.5. The van der Waals surface area contributed by atoms with Crippen molar-refractivity contribution in [1.29, 1.82) is 0 Å². The monoisotopic (exact) mass is 235 g/mol. The van der Waals surface area contributed by atoms with Crippen molar-refractivity contribution in [2.75, 3.05) is 19.8 Å². The van der Waals surface area contributed by atoms with Gasteiger partial charge in [-0.2, -0.15) is 0 Å². The molecule has 0 radical (unpaired) electrons. The number of ether oxygens (including phenoxy) is 1. The summed E-state index contributed by atoms with van der Waals surface area (Å²) in [5, 5.41) is 11.3. The quantitative estimate of drug-likeness (QED) is 0.554. The minimum Gasteiger partial charge on any atom is -0.490 e. The summed E-state index contributed by atoms with van der Waals surface area (Å²) in [5.41, 5.74) is 0.578. The predicted octanol–water partition coefficient (Wildman–Crippen LogP) is 1.36. The molecule has 0 bridgehead atoms. The Morgan fingerprint density at radius 2 is 2.12 bits per heavy atom. The Hall–Kier alpha value is -1.81. The average Bonchev–Trinajstić information content (AvgIpc) is 2.37. The molecule has 1 rings (SSSR count). The maximum atomic E-state index is 11.6. The molecule has 1 amide bonds. The molecule has 0 aliphatic heterocycles. The van der Waals surface area contributed by atoms with Crippen molar-refractivity contribution < 1.29 is 14.6 Å². The standard InChI is InChI=1S/C13H17NO3/c1-2-10-17-12-6-4-11(5-7-12)13(16)14-8-3-9-15/h2,4-7,15H,1,3,8-10H2,(H,14,16). The van der Waals surface area contributed by atoms with Gasteiger partial charge in [0.2, 0.25) is 0 Å². The van der Waals surface area contributed by atoms with Crippen LogP contribution in [-0.2, 0) is 0 Å². The van der Waals surface area contributed by atoms with Gasteiger partial charge < -0.3 is 15.2 Å². The second-order valence-electron chi connectivity index (χ2n) is 3.46. The second kappa shape index (κ2) is 7.46. The molecule has 2 N–H and O–H groups in total. The van der Waals surface area contributed by atoms with Crippen LogP contribution in [0.3, 0.4) is 0 Å². The molecule has 0 heterocycles. The van der Waals surface area contributed by atoms with Crippen molar-refractivity contribution in [1.82, 2.24) is 5.32 Å². The number of aliphatic hydroxyl groups excluding tert-OH is 1. The number of rotatable bonds is 7. The second-order valence-corrected chi connectivity index (χ2v) is 3.46. The van der Waals surface area contributed by atoms with Crippen LogP contribution in [0.5, 0.6) is 5.75 Å². The molecule has 0 fully saturated rings. The Labute approximate surface area is 101 Å². The van der Waals surface area contributed by atoms with Gasteiger partial charge in [-0.15, -0.1) is 0 Å². The van der Waals surface area contributed by atoms with Crippen LogP contribution in [0.1, 0.15) is 16.8 Å². The third-order valence-corrected chi connectivity index (χ3v) is 2.10. The summed E-state index contributed by atoms with van der Waals surface area (Å²) in [6.45, 7) is 4.55. The Balaban J connectivity index is 2.48. The molecule has 1 aromatic carbocycles. The molecule has 0 spiro atoms. The Kier molecular flexibility index (Phi) is 5.82. The van der Waals surface area contributed by atoms with Gasteiger partial charge in [0.1, 0.15) is 12.4 Å². The first-order valence-electron chi connectivity index (χ1n) is 5.50. The van der Waals surface area contributed by atoms with E-state index < -0.39 is 0 Å². The molecule has 0 unspecified atom stereocenters. The van der Waals surface area contributed by atoms with Crippen molar-refractivity contribution >= 4 is 5.91 Å². The third-order valence-electron chi connectivity index (χ3n) is 2.10. The zero-order chi connectivity index (χ0) is 12.5. The van der Waals surface area contributed by atoms with Crippen molar-refractivity contribution in [2.45, 2.75) is 6.42 Å². The molecular formula is C13H17NO3. The van der Waals surface area contributed by atoms with E-state index in [2.05, 4.69) is 11.9 Å². The van der Waals surface area contributed by atoms with E-state index in [0.29, 0.717) is 30.9 Å². The van der Waals surface area contributed by atoms with Crippen LogP contribution in [0.2, 0.25) is 0 Å². The largest absolute Gasteiger partial charge is 0.490 e. The number of hydrogen-bond donors (Lipinski definition) is 2. The molecule has 92 valence electrons. The summed E-state index contributed by atoms with van der Waals surface area (Å²) in [7, 11) is 0. The minimum absolute atomic E-state index is 0.0780. The minimum atomic E-state index is -0.145. The molecule has 17 heavy (non-hydrogen) atoms. The fraction of sp³-hybridized carbons (Fsp3) is 0.308. The van der Waals surface area contributed by atoms with Crippen LogP contribution in [0.25, 0.3) is 0 Å². The number of carbonyl (C=O) groups is 1. The highest BCUT2D eigenvalue weighted by Crippen LogP contribution is 2.11. The lowest BCUT2D eigenvalue weighted by Gasteiger charge is -2.06. The van der Waals surface area contributed by atoms with E-state index in [1.165, 1.54) is 0 Å². The fourth-order valence-electron chi connectivity index (χ4n) is 1.24. The Bertz CT molecular complexity index is 359. The van der Waals surface area contributed by atoms with Gasteiger partial charge >= 0.3 is 0 Å². The van der Waals surface area contributed by atoms with Crippen molar-refractivity contribution in [3.63, 3.8) is 0 Å². The number of hydrogen-bond acceptors (Lipinski definition) is 3. The van der Waals surface area contributed by atoms with Crippen molar-refractivity contribution in [3.8, 4) is 5.75 Å². The maximum Gasteiger partial charge on any atom is 0.251 e. The van der Waals surface area contributed by atoms with E-state index in [1.54, 1.807) is 30.3 Å². The third kappa shape index (κ3) is 4.70. The molecule has 0 aliphatic rings. The topological polar surface area (TPSA) is 58.6 Å². The zero-order valence-electron chi connectivity index (χ0n) is 9.69. The smallest absolute Gasteiger partial charge is 0.251 e. The van der Waals surface area contributed by atoms with Crippen LogP contribution >= 0.6 is 0 Å². The molecule has 0 saturated heterocycles. The lowest BCUT2D eigenvalue weighted by atomic mass is 10.2. The van der Waals surface area contributed by atoms with E-state index in [-0.39, 0.29) is 12.5 Å². The Morgan fingerprint density at radius 3 is 2.71 bits per heavy atom. The number of nitrogens with one attached hydrogen (secondary N) is 1. The van der Waals surface area contributed by atoms with E-state index in [0.717, 1.165) is 0 Å². The first-order chi connectivity index (χ1) is 8.27. The molecule has 0 aliphatic carbocycles. The summed E-state index contributed by atoms with van der Waals surface area (Å²) < 4.78 is 5.31. The molecular weight excluding hydrogens is 218 g/mol. The average molecular weight is 235 g/mol. The first kappa shape index (κ1) is 13.3. The van der Waals surface area contributed by atoms with E-state index >= 15 is 0 Å². The molecule has 0 aromatic heterocycles. The lowest BCUT2D eigenvalue weighted by Crippen LogP contribution is -2.24. The van der Waals surface area contributed by atoms with Crippen molar-refractivity contribution in [3.05, 3.63) is 42.5 Å². The first-order valence-corrected chi connectivity index (χ1v) is 5.50. The van der Waals surface area contributed by atoms with Gasteiger partial charge in [-0.25, -0.2) is 0 Å². The van der Waals surface area contributed by atoms with Gasteiger partial charge in [0.15, 0.2) is 0 Å². The van der Waals surface area contributed by atoms with Crippen LogP contribution in [0, 0.1) is 0 Å². The summed E-state index contributed by atoms with van der Waals surface area (Å²) in [4.78, 5) is 11.6. The van der Waals surface area contributed by atoms with Crippen LogP contribution in [0.15, 0.2) is 36.9 Å².